The van der Waals surface area contributed by atoms with Gasteiger partial charge in [0.25, 0.3) is 5.91 Å². The highest BCUT2D eigenvalue weighted by molar-refractivity contribution is 9.10. The van der Waals surface area contributed by atoms with Gasteiger partial charge in [-0.15, -0.1) is 0 Å². The van der Waals surface area contributed by atoms with E-state index >= 15 is 0 Å². The second-order valence-corrected chi connectivity index (χ2v) is 8.34. The molecule has 1 aromatic heterocycles. The topological polar surface area (TPSA) is 62.5 Å². The summed E-state index contributed by atoms with van der Waals surface area (Å²) >= 11 is 9.60. The van der Waals surface area contributed by atoms with Crippen molar-refractivity contribution in [2.75, 3.05) is 26.2 Å². The van der Waals surface area contributed by atoms with Gasteiger partial charge in [-0.25, -0.2) is 0 Å². The number of aromatic nitrogens is 2. The van der Waals surface area contributed by atoms with Gasteiger partial charge < -0.3 is 9.42 Å². The van der Waals surface area contributed by atoms with Crippen molar-refractivity contribution in [1.82, 2.24) is 19.9 Å². The Labute approximate surface area is 182 Å². The lowest BCUT2D eigenvalue weighted by Gasteiger charge is -2.34. The standard InChI is InChI=1S/C21H20BrClN4O2/c1-14-4-2-3-5-16(14)20-24-19(29-25-20)13-26-8-10-27(11-9-26)21(28)17-12-15(22)6-7-18(17)23/h2-7,12H,8-11,13H2,1H3. The lowest BCUT2D eigenvalue weighted by molar-refractivity contribution is 0.0615. The lowest BCUT2D eigenvalue weighted by Crippen LogP contribution is -2.48. The van der Waals surface area contributed by atoms with Gasteiger partial charge in [0.15, 0.2) is 0 Å². The highest BCUT2D eigenvalue weighted by Gasteiger charge is 2.25. The van der Waals surface area contributed by atoms with Gasteiger partial charge in [-0.05, 0) is 30.7 Å². The van der Waals surface area contributed by atoms with Crippen molar-refractivity contribution in [3.8, 4) is 11.4 Å². The average molecular weight is 476 g/mol. The predicted molar refractivity (Wildman–Crippen MR) is 115 cm³/mol. The van der Waals surface area contributed by atoms with E-state index in [0.29, 0.717) is 41.9 Å². The first-order valence-electron chi connectivity index (χ1n) is 9.36. The predicted octanol–water partition coefficient (Wildman–Crippen LogP) is 4.42. The molecule has 0 N–H and O–H groups in total. The summed E-state index contributed by atoms with van der Waals surface area (Å²) in [5, 5.41) is 4.58. The molecule has 1 saturated heterocycles. The smallest absolute Gasteiger partial charge is 0.255 e. The average Bonchev–Trinajstić information content (AvgIpc) is 3.18. The third kappa shape index (κ3) is 4.52. The molecule has 0 saturated carbocycles. The molecule has 0 aliphatic carbocycles. The maximum atomic E-state index is 12.8. The molecule has 150 valence electrons. The van der Waals surface area contributed by atoms with E-state index in [1.54, 1.807) is 12.1 Å². The molecule has 0 radical (unpaired) electrons. The summed E-state index contributed by atoms with van der Waals surface area (Å²) in [5.74, 6) is 1.14. The Hall–Kier alpha value is -2.22. The molecule has 1 aliphatic heterocycles. The van der Waals surface area contributed by atoms with Crippen LogP contribution in [0.25, 0.3) is 11.4 Å². The molecule has 0 atom stereocenters. The number of rotatable bonds is 4. The zero-order valence-corrected chi connectivity index (χ0v) is 18.3. The van der Waals surface area contributed by atoms with E-state index in [9.17, 15) is 4.79 Å². The van der Waals surface area contributed by atoms with E-state index in [4.69, 9.17) is 16.1 Å². The van der Waals surface area contributed by atoms with Crippen LogP contribution in [0, 0.1) is 6.92 Å². The molecule has 2 heterocycles. The maximum absolute atomic E-state index is 12.8. The molecule has 0 bridgehead atoms. The SMILES string of the molecule is Cc1ccccc1-c1noc(CN2CCN(C(=O)c3cc(Br)ccc3Cl)CC2)n1. The van der Waals surface area contributed by atoms with Gasteiger partial charge >= 0.3 is 0 Å². The highest BCUT2D eigenvalue weighted by Crippen LogP contribution is 2.24. The number of piperazine rings is 1. The highest BCUT2D eigenvalue weighted by atomic mass is 79.9. The summed E-state index contributed by atoms with van der Waals surface area (Å²) in [5.41, 5.74) is 2.61. The minimum Gasteiger partial charge on any atom is -0.338 e. The van der Waals surface area contributed by atoms with E-state index in [2.05, 4.69) is 31.0 Å². The molecule has 8 heteroatoms. The molecule has 4 rings (SSSR count). The number of halogens is 2. The molecule has 0 spiro atoms. The van der Waals surface area contributed by atoms with E-state index < -0.39 is 0 Å². The van der Waals surface area contributed by atoms with Crippen molar-refractivity contribution in [1.29, 1.82) is 0 Å². The summed E-state index contributed by atoms with van der Waals surface area (Å²) in [6, 6.07) is 13.3. The van der Waals surface area contributed by atoms with Crippen LogP contribution in [0.2, 0.25) is 5.02 Å². The first kappa shape index (κ1) is 20.1. The largest absolute Gasteiger partial charge is 0.338 e. The van der Waals surface area contributed by atoms with Crippen molar-refractivity contribution in [2.24, 2.45) is 0 Å². The summed E-state index contributed by atoms with van der Waals surface area (Å²) in [6.07, 6.45) is 0. The number of nitrogens with zero attached hydrogens (tertiary/aromatic N) is 4. The lowest BCUT2D eigenvalue weighted by atomic mass is 10.1. The van der Waals surface area contributed by atoms with Crippen LogP contribution in [0.5, 0.6) is 0 Å². The van der Waals surface area contributed by atoms with Crippen LogP contribution >= 0.6 is 27.5 Å². The van der Waals surface area contributed by atoms with Gasteiger partial charge in [0.2, 0.25) is 11.7 Å². The van der Waals surface area contributed by atoms with Crippen molar-refractivity contribution >= 4 is 33.4 Å². The van der Waals surface area contributed by atoms with Crippen molar-refractivity contribution < 1.29 is 9.32 Å². The maximum Gasteiger partial charge on any atom is 0.255 e. The Morgan fingerprint density at radius 3 is 2.69 bits per heavy atom. The van der Waals surface area contributed by atoms with E-state index in [1.807, 2.05) is 42.2 Å². The van der Waals surface area contributed by atoms with Gasteiger partial charge in [-0.2, -0.15) is 4.98 Å². The number of hydrogen-bond donors (Lipinski definition) is 0. The number of amides is 1. The molecule has 1 amide bonds. The third-order valence-corrected chi connectivity index (χ3v) is 5.85. The van der Waals surface area contributed by atoms with Crippen LogP contribution in [0.1, 0.15) is 21.8 Å². The summed E-state index contributed by atoms with van der Waals surface area (Å²) in [4.78, 5) is 21.4. The zero-order valence-electron chi connectivity index (χ0n) is 15.9. The third-order valence-electron chi connectivity index (χ3n) is 5.03. The molecule has 1 aliphatic rings. The fourth-order valence-electron chi connectivity index (χ4n) is 3.38. The Bertz CT molecular complexity index is 1030. The summed E-state index contributed by atoms with van der Waals surface area (Å²) < 4.78 is 6.28. The minimum absolute atomic E-state index is 0.0458. The molecule has 3 aromatic rings. The molecule has 6 nitrogen and oxygen atoms in total. The number of carbonyl (C=O) groups is 1. The van der Waals surface area contributed by atoms with Crippen molar-refractivity contribution in [2.45, 2.75) is 13.5 Å². The summed E-state index contributed by atoms with van der Waals surface area (Å²) in [6.45, 7) is 5.32. The van der Waals surface area contributed by atoms with Crippen LogP contribution in [-0.4, -0.2) is 52.0 Å². The van der Waals surface area contributed by atoms with Crippen molar-refractivity contribution in [3.05, 3.63) is 69.0 Å². The Kier molecular flexibility index (Phi) is 5.99. The Morgan fingerprint density at radius 1 is 1.17 bits per heavy atom. The second kappa shape index (κ2) is 8.65. The van der Waals surface area contributed by atoms with E-state index in [1.165, 1.54) is 0 Å². The van der Waals surface area contributed by atoms with E-state index in [-0.39, 0.29) is 5.91 Å². The molecule has 29 heavy (non-hydrogen) atoms. The molecule has 0 unspecified atom stereocenters. The Morgan fingerprint density at radius 2 is 1.93 bits per heavy atom. The van der Waals surface area contributed by atoms with Gasteiger partial charge in [0.05, 0.1) is 17.1 Å². The quantitative estimate of drug-likeness (QED) is 0.559. The minimum atomic E-state index is -0.0458. The molecular weight excluding hydrogens is 456 g/mol. The summed E-state index contributed by atoms with van der Waals surface area (Å²) in [7, 11) is 0. The van der Waals surface area contributed by atoms with E-state index in [0.717, 1.165) is 28.7 Å². The number of hydrogen-bond acceptors (Lipinski definition) is 5. The van der Waals surface area contributed by atoms with Crippen LogP contribution in [0.15, 0.2) is 51.5 Å². The van der Waals surface area contributed by atoms with Crippen LogP contribution in [-0.2, 0) is 6.54 Å². The normalized spacial score (nSPS) is 14.9. The fraction of sp³-hybridized carbons (Fsp3) is 0.286. The monoisotopic (exact) mass is 474 g/mol. The first-order valence-corrected chi connectivity index (χ1v) is 10.5. The van der Waals surface area contributed by atoms with Gasteiger partial charge in [0, 0.05) is 36.2 Å². The van der Waals surface area contributed by atoms with Gasteiger partial charge in [-0.3, -0.25) is 9.69 Å². The van der Waals surface area contributed by atoms with Crippen LogP contribution in [0.4, 0.5) is 0 Å². The fourth-order valence-corrected chi connectivity index (χ4v) is 3.94. The molecule has 2 aromatic carbocycles. The van der Waals surface area contributed by atoms with Gasteiger partial charge in [0.1, 0.15) is 0 Å². The molecule has 1 fully saturated rings. The number of carbonyl (C=O) groups excluding carboxylic acids is 1. The van der Waals surface area contributed by atoms with Crippen molar-refractivity contribution in [3.63, 3.8) is 0 Å². The molecular formula is C21H20BrClN4O2. The van der Waals surface area contributed by atoms with Gasteiger partial charge in [-0.1, -0.05) is 57.0 Å². The zero-order chi connectivity index (χ0) is 20.4. The van der Waals surface area contributed by atoms with Crippen LogP contribution in [0.3, 0.4) is 0 Å². The second-order valence-electron chi connectivity index (χ2n) is 7.02. The number of aryl methyl sites for hydroxylation is 1. The van der Waals surface area contributed by atoms with Crippen LogP contribution < -0.4 is 0 Å². The number of benzene rings is 2. The first-order chi connectivity index (χ1) is 14.0. The Balaban J connectivity index is 1.36.